The number of nitrogens with zero attached hydrogens (tertiary/aromatic N) is 2. The Bertz CT molecular complexity index is 484. The van der Waals surface area contributed by atoms with Gasteiger partial charge >= 0.3 is 6.09 Å². The lowest BCUT2D eigenvalue weighted by Crippen LogP contribution is -2.53. The van der Waals surface area contributed by atoms with Gasteiger partial charge in [0.2, 0.25) is 0 Å². The van der Waals surface area contributed by atoms with Crippen molar-refractivity contribution >= 4 is 6.09 Å². The van der Waals surface area contributed by atoms with Crippen molar-refractivity contribution in [3.63, 3.8) is 0 Å². The molecule has 5 heteroatoms. The van der Waals surface area contributed by atoms with Crippen LogP contribution >= 0.6 is 0 Å². The van der Waals surface area contributed by atoms with Crippen LogP contribution in [0.1, 0.15) is 26.3 Å². The molecular formula is C17H26N2O3. The first kappa shape index (κ1) is 16.8. The fourth-order valence-electron chi connectivity index (χ4n) is 2.72. The number of benzene rings is 1. The number of hydrogen-bond acceptors (Lipinski definition) is 3. The SMILES string of the molecule is CC(C)(C)N(C[C@@H]1CN(Cc2ccccc2)CCO1)C(=O)O. The number of morpholine rings is 1. The predicted octanol–water partition coefficient (Wildman–Crippen LogP) is 2.67. The molecule has 1 amide bonds. The van der Waals surface area contributed by atoms with Gasteiger partial charge in [0.15, 0.2) is 0 Å². The van der Waals surface area contributed by atoms with E-state index in [0.717, 1.165) is 19.6 Å². The maximum atomic E-state index is 11.4. The zero-order valence-corrected chi connectivity index (χ0v) is 13.7. The minimum absolute atomic E-state index is 0.0761. The summed E-state index contributed by atoms with van der Waals surface area (Å²) in [6, 6.07) is 10.3. The van der Waals surface area contributed by atoms with Crippen LogP contribution in [0.5, 0.6) is 0 Å². The highest BCUT2D eigenvalue weighted by atomic mass is 16.5. The monoisotopic (exact) mass is 306 g/mol. The van der Waals surface area contributed by atoms with E-state index in [2.05, 4.69) is 17.0 Å². The molecule has 0 aromatic heterocycles. The van der Waals surface area contributed by atoms with Crippen molar-refractivity contribution in [2.75, 3.05) is 26.2 Å². The molecule has 0 spiro atoms. The first-order valence-electron chi connectivity index (χ1n) is 7.74. The summed E-state index contributed by atoms with van der Waals surface area (Å²) in [5, 5.41) is 9.40. The maximum absolute atomic E-state index is 11.4. The van der Waals surface area contributed by atoms with Crippen molar-refractivity contribution in [1.82, 2.24) is 9.80 Å². The smallest absolute Gasteiger partial charge is 0.407 e. The Morgan fingerprint density at radius 1 is 1.36 bits per heavy atom. The molecule has 1 atom stereocenters. The van der Waals surface area contributed by atoms with E-state index in [1.54, 1.807) is 0 Å². The Balaban J connectivity index is 1.94. The molecule has 1 saturated heterocycles. The lowest BCUT2D eigenvalue weighted by Gasteiger charge is -2.39. The van der Waals surface area contributed by atoms with Gasteiger partial charge in [0.25, 0.3) is 0 Å². The molecule has 5 nitrogen and oxygen atoms in total. The van der Waals surface area contributed by atoms with E-state index in [9.17, 15) is 9.90 Å². The minimum atomic E-state index is -0.892. The van der Waals surface area contributed by atoms with Gasteiger partial charge in [-0.1, -0.05) is 30.3 Å². The van der Waals surface area contributed by atoms with Gasteiger partial charge in [-0.25, -0.2) is 4.79 Å². The van der Waals surface area contributed by atoms with Gasteiger partial charge in [-0.05, 0) is 26.3 Å². The maximum Gasteiger partial charge on any atom is 0.407 e. The summed E-state index contributed by atoms with van der Waals surface area (Å²) in [5.74, 6) is 0. The third-order valence-electron chi connectivity index (χ3n) is 3.90. The number of amides is 1. The summed E-state index contributed by atoms with van der Waals surface area (Å²) in [6.45, 7) is 9.30. The number of hydrogen-bond donors (Lipinski definition) is 1. The average molecular weight is 306 g/mol. The number of carbonyl (C=O) groups is 1. The van der Waals surface area contributed by atoms with Gasteiger partial charge in [0.05, 0.1) is 19.3 Å². The van der Waals surface area contributed by atoms with Crippen LogP contribution in [0.15, 0.2) is 30.3 Å². The van der Waals surface area contributed by atoms with Crippen molar-refractivity contribution in [2.24, 2.45) is 0 Å². The number of rotatable bonds is 4. The second kappa shape index (κ2) is 7.11. The highest BCUT2D eigenvalue weighted by Crippen LogP contribution is 2.17. The summed E-state index contributed by atoms with van der Waals surface area (Å²) < 4.78 is 5.78. The predicted molar refractivity (Wildman–Crippen MR) is 85.9 cm³/mol. The topological polar surface area (TPSA) is 53.0 Å². The summed E-state index contributed by atoms with van der Waals surface area (Å²) in [7, 11) is 0. The van der Waals surface area contributed by atoms with Gasteiger partial charge in [0.1, 0.15) is 0 Å². The highest BCUT2D eigenvalue weighted by molar-refractivity contribution is 5.66. The van der Waals surface area contributed by atoms with Gasteiger partial charge in [-0.15, -0.1) is 0 Å². The molecule has 1 aliphatic heterocycles. The normalized spacial score (nSPS) is 19.9. The Morgan fingerprint density at radius 2 is 2.05 bits per heavy atom. The van der Waals surface area contributed by atoms with Crippen molar-refractivity contribution < 1.29 is 14.6 Å². The van der Waals surface area contributed by atoms with Gasteiger partial charge < -0.3 is 14.7 Å². The molecule has 1 heterocycles. The Morgan fingerprint density at radius 3 is 2.64 bits per heavy atom. The number of ether oxygens (including phenoxy) is 1. The highest BCUT2D eigenvalue weighted by Gasteiger charge is 2.31. The second-order valence-corrected chi connectivity index (χ2v) is 6.78. The van der Waals surface area contributed by atoms with E-state index in [1.807, 2.05) is 39.0 Å². The van der Waals surface area contributed by atoms with E-state index in [4.69, 9.17) is 4.74 Å². The summed E-state index contributed by atoms with van der Waals surface area (Å²) in [4.78, 5) is 15.2. The first-order valence-corrected chi connectivity index (χ1v) is 7.74. The van der Waals surface area contributed by atoms with E-state index in [1.165, 1.54) is 10.5 Å². The summed E-state index contributed by atoms with van der Waals surface area (Å²) in [6.07, 6.45) is -0.968. The van der Waals surface area contributed by atoms with Crippen LogP contribution in [-0.4, -0.2) is 58.9 Å². The van der Waals surface area contributed by atoms with Gasteiger partial charge in [-0.3, -0.25) is 4.90 Å². The molecule has 1 aliphatic rings. The fourth-order valence-corrected chi connectivity index (χ4v) is 2.72. The van der Waals surface area contributed by atoms with Crippen LogP contribution in [0.25, 0.3) is 0 Å². The lowest BCUT2D eigenvalue weighted by atomic mass is 10.1. The second-order valence-electron chi connectivity index (χ2n) is 6.78. The molecule has 0 aliphatic carbocycles. The molecule has 0 bridgehead atoms. The number of carboxylic acid groups (broad SMARTS) is 1. The molecular weight excluding hydrogens is 280 g/mol. The summed E-state index contributed by atoms with van der Waals surface area (Å²) >= 11 is 0. The van der Waals surface area contributed by atoms with Crippen molar-refractivity contribution in [2.45, 2.75) is 39.0 Å². The standard InChI is InChI=1S/C17H26N2O3/c1-17(2,3)19(16(20)21)13-15-12-18(9-10-22-15)11-14-7-5-4-6-8-14/h4-8,15H,9-13H2,1-3H3,(H,20,21)/t15-/m0/s1. The average Bonchev–Trinajstić information content (AvgIpc) is 2.45. The van der Waals surface area contributed by atoms with Crippen LogP contribution in [0.4, 0.5) is 4.79 Å². The van der Waals surface area contributed by atoms with Gasteiger partial charge in [-0.2, -0.15) is 0 Å². The molecule has 22 heavy (non-hydrogen) atoms. The third-order valence-corrected chi connectivity index (χ3v) is 3.90. The molecule has 0 unspecified atom stereocenters. The molecule has 1 fully saturated rings. The largest absolute Gasteiger partial charge is 0.465 e. The molecule has 1 N–H and O–H groups in total. The van der Waals surface area contributed by atoms with Gasteiger partial charge in [0, 0.05) is 25.2 Å². The van der Waals surface area contributed by atoms with E-state index in [0.29, 0.717) is 13.2 Å². The molecule has 122 valence electrons. The molecule has 0 radical (unpaired) electrons. The Kier molecular flexibility index (Phi) is 5.42. The Hall–Kier alpha value is -1.59. The van der Waals surface area contributed by atoms with Crippen LogP contribution in [0.2, 0.25) is 0 Å². The molecule has 1 aromatic rings. The zero-order valence-electron chi connectivity index (χ0n) is 13.7. The van der Waals surface area contributed by atoms with Crippen molar-refractivity contribution in [3.05, 3.63) is 35.9 Å². The fraction of sp³-hybridized carbons (Fsp3) is 0.588. The third kappa shape index (κ3) is 4.71. The molecule has 0 saturated carbocycles. The van der Waals surface area contributed by atoms with Crippen molar-refractivity contribution in [1.29, 1.82) is 0 Å². The minimum Gasteiger partial charge on any atom is -0.465 e. The van der Waals surface area contributed by atoms with E-state index >= 15 is 0 Å². The summed E-state index contributed by atoms with van der Waals surface area (Å²) in [5.41, 5.74) is 0.853. The van der Waals surface area contributed by atoms with Crippen LogP contribution in [0, 0.1) is 0 Å². The quantitative estimate of drug-likeness (QED) is 0.929. The first-order chi connectivity index (χ1) is 10.4. The van der Waals surface area contributed by atoms with E-state index < -0.39 is 11.6 Å². The lowest BCUT2D eigenvalue weighted by molar-refractivity contribution is -0.0525. The van der Waals surface area contributed by atoms with Crippen LogP contribution in [-0.2, 0) is 11.3 Å². The zero-order chi connectivity index (χ0) is 16.2. The van der Waals surface area contributed by atoms with Crippen LogP contribution in [0.3, 0.4) is 0 Å². The van der Waals surface area contributed by atoms with Crippen LogP contribution < -0.4 is 0 Å². The molecule has 1 aromatic carbocycles. The Labute approximate surface area is 132 Å². The van der Waals surface area contributed by atoms with Crippen molar-refractivity contribution in [3.8, 4) is 0 Å². The molecule has 2 rings (SSSR count). The van der Waals surface area contributed by atoms with E-state index in [-0.39, 0.29) is 6.10 Å².